The molecule has 3 aromatic rings. The van der Waals surface area contributed by atoms with Gasteiger partial charge in [-0.1, -0.05) is 29.5 Å². The van der Waals surface area contributed by atoms with E-state index in [4.69, 9.17) is 4.74 Å². The fourth-order valence-electron chi connectivity index (χ4n) is 3.13. The van der Waals surface area contributed by atoms with Gasteiger partial charge in [0, 0.05) is 43.3 Å². The van der Waals surface area contributed by atoms with E-state index >= 15 is 0 Å². The number of anilines is 3. The normalized spacial score (nSPS) is 13.9. The van der Waals surface area contributed by atoms with Crippen molar-refractivity contribution in [1.29, 1.82) is 0 Å². The summed E-state index contributed by atoms with van der Waals surface area (Å²) in [4.78, 5) is 16.9. The van der Waals surface area contributed by atoms with Crippen LogP contribution in [0.15, 0.2) is 36.5 Å². The first-order valence-corrected chi connectivity index (χ1v) is 10.4. The van der Waals surface area contributed by atoms with E-state index in [0.29, 0.717) is 0 Å². The summed E-state index contributed by atoms with van der Waals surface area (Å²) in [6.45, 7) is 5.77. The Labute approximate surface area is 186 Å². The van der Waals surface area contributed by atoms with Crippen LogP contribution in [0.1, 0.15) is 16.3 Å². The molecule has 1 aliphatic rings. The zero-order valence-corrected chi connectivity index (χ0v) is 18.6. The van der Waals surface area contributed by atoms with Gasteiger partial charge in [0.25, 0.3) is 0 Å². The predicted molar refractivity (Wildman–Crippen MR) is 126 cm³/mol. The first-order valence-electron chi connectivity index (χ1n) is 9.56. The van der Waals surface area contributed by atoms with Gasteiger partial charge in [0.2, 0.25) is 0 Å². The predicted octanol–water partition coefficient (Wildman–Crippen LogP) is 4.00. The standard InChI is InChI=1S/C21H24N6OS.ClH/c1-15-24-19(13-20(25-15)27-10-8-22-9-11-27)26-21-23-14-18(29-21)7-6-16-4-3-5-17(12-16)28-2;/h3-7,12-14,22H,8-11H2,1-2H3,(H,23,24,25,26);1H. The van der Waals surface area contributed by atoms with Crippen LogP contribution < -0.4 is 20.3 Å². The second-order valence-electron chi connectivity index (χ2n) is 6.70. The van der Waals surface area contributed by atoms with Gasteiger partial charge in [0.05, 0.1) is 7.11 Å². The summed E-state index contributed by atoms with van der Waals surface area (Å²) in [7, 11) is 1.67. The Morgan fingerprint density at radius 1 is 1.17 bits per heavy atom. The highest BCUT2D eigenvalue weighted by atomic mass is 35.5. The van der Waals surface area contributed by atoms with E-state index in [-0.39, 0.29) is 12.4 Å². The van der Waals surface area contributed by atoms with Crippen molar-refractivity contribution in [3.8, 4) is 5.75 Å². The number of hydrogen-bond acceptors (Lipinski definition) is 8. The number of aryl methyl sites for hydroxylation is 1. The molecule has 2 N–H and O–H groups in total. The first-order chi connectivity index (χ1) is 14.2. The van der Waals surface area contributed by atoms with Gasteiger partial charge in [-0.15, -0.1) is 12.4 Å². The zero-order valence-electron chi connectivity index (χ0n) is 17.0. The number of benzene rings is 1. The quantitative estimate of drug-likeness (QED) is 0.595. The summed E-state index contributed by atoms with van der Waals surface area (Å²) in [5, 5.41) is 7.49. The van der Waals surface area contributed by atoms with Crippen LogP contribution in [0, 0.1) is 6.92 Å². The van der Waals surface area contributed by atoms with E-state index in [2.05, 4.69) is 42.6 Å². The maximum atomic E-state index is 5.27. The molecule has 0 unspecified atom stereocenters. The molecule has 2 aromatic heterocycles. The number of ether oxygens (including phenoxy) is 1. The SMILES string of the molecule is COc1cccc(C=Cc2cnc(Nc3cc(N4CCNCC4)nc(C)n3)s2)c1.Cl. The molecule has 0 amide bonds. The van der Waals surface area contributed by atoms with E-state index in [1.165, 1.54) is 0 Å². The number of hydrogen-bond donors (Lipinski definition) is 2. The molecule has 0 radical (unpaired) electrons. The van der Waals surface area contributed by atoms with Crippen LogP contribution >= 0.6 is 23.7 Å². The Morgan fingerprint density at radius 2 is 2.00 bits per heavy atom. The van der Waals surface area contributed by atoms with Gasteiger partial charge >= 0.3 is 0 Å². The third-order valence-corrected chi connectivity index (χ3v) is 5.44. The van der Waals surface area contributed by atoms with Crippen molar-refractivity contribution in [2.24, 2.45) is 0 Å². The second kappa shape index (κ2) is 10.4. The minimum absolute atomic E-state index is 0. The number of nitrogens with one attached hydrogen (secondary N) is 2. The summed E-state index contributed by atoms with van der Waals surface area (Å²) >= 11 is 1.58. The van der Waals surface area contributed by atoms with Crippen LogP contribution in [-0.2, 0) is 0 Å². The molecule has 30 heavy (non-hydrogen) atoms. The lowest BCUT2D eigenvalue weighted by atomic mass is 10.2. The molecule has 0 aliphatic carbocycles. The number of methoxy groups -OCH3 is 1. The molecule has 0 saturated carbocycles. The molecule has 4 rings (SSSR count). The molecule has 1 aromatic carbocycles. The van der Waals surface area contributed by atoms with Crippen molar-refractivity contribution in [1.82, 2.24) is 20.3 Å². The molecule has 0 atom stereocenters. The van der Waals surface area contributed by atoms with E-state index < -0.39 is 0 Å². The number of nitrogens with zero attached hydrogens (tertiary/aromatic N) is 4. The van der Waals surface area contributed by atoms with Gasteiger partial charge in [0.15, 0.2) is 5.13 Å². The molecule has 1 saturated heterocycles. The van der Waals surface area contributed by atoms with Crippen molar-refractivity contribution < 1.29 is 4.74 Å². The lowest BCUT2D eigenvalue weighted by Gasteiger charge is -2.28. The van der Waals surface area contributed by atoms with Crippen LogP contribution in [0.25, 0.3) is 12.2 Å². The summed E-state index contributed by atoms with van der Waals surface area (Å²) in [5.74, 6) is 3.32. The van der Waals surface area contributed by atoms with Crippen molar-refractivity contribution >= 4 is 52.7 Å². The van der Waals surface area contributed by atoms with Gasteiger partial charge < -0.3 is 20.3 Å². The maximum absolute atomic E-state index is 5.27. The molecule has 7 nitrogen and oxygen atoms in total. The van der Waals surface area contributed by atoms with Gasteiger partial charge in [-0.05, 0) is 30.7 Å². The van der Waals surface area contributed by atoms with Gasteiger partial charge in [-0.2, -0.15) is 0 Å². The minimum atomic E-state index is 0. The Balaban J connectivity index is 0.00000256. The zero-order chi connectivity index (χ0) is 20.1. The van der Waals surface area contributed by atoms with Crippen molar-refractivity contribution in [3.05, 3.63) is 52.8 Å². The Morgan fingerprint density at radius 3 is 2.80 bits per heavy atom. The van der Waals surface area contributed by atoms with Crippen molar-refractivity contribution in [2.75, 3.05) is 43.5 Å². The first kappa shape index (κ1) is 22.0. The Bertz CT molecular complexity index is 1000. The molecule has 9 heteroatoms. The molecule has 0 bridgehead atoms. The van der Waals surface area contributed by atoms with E-state index in [9.17, 15) is 0 Å². The number of aromatic nitrogens is 3. The fourth-order valence-corrected chi connectivity index (χ4v) is 3.85. The average molecular weight is 445 g/mol. The largest absolute Gasteiger partial charge is 0.497 e. The van der Waals surface area contributed by atoms with Crippen LogP contribution in [0.2, 0.25) is 0 Å². The molecule has 158 valence electrons. The highest BCUT2D eigenvalue weighted by Gasteiger charge is 2.14. The summed E-state index contributed by atoms with van der Waals surface area (Å²) in [5.41, 5.74) is 1.08. The third-order valence-electron chi connectivity index (χ3n) is 4.56. The molecular formula is C21H25ClN6OS. The second-order valence-corrected chi connectivity index (χ2v) is 7.76. The summed E-state index contributed by atoms with van der Waals surface area (Å²) in [6, 6.07) is 9.94. The molecule has 1 aliphatic heterocycles. The Hall–Kier alpha value is -2.68. The third kappa shape index (κ3) is 5.69. The van der Waals surface area contributed by atoms with Gasteiger partial charge in [-0.3, -0.25) is 0 Å². The number of halogens is 1. The molecule has 3 heterocycles. The summed E-state index contributed by atoms with van der Waals surface area (Å²) in [6.07, 6.45) is 5.96. The lowest BCUT2D eigenvalue weighted by molar-refractivity contribution is 0.414. The highest BCUT2D eigenvalue weighted by molar-refractivity contribution is 7.16. The van der Waals surface area contributed by atoms with Crippen LogP contribution in [0.5, 0.6) is 5.75 Å². The molecule has 0 spiro atoms. The number of thiazole rings is 1. The molecular weight excluding hydrogens is 420 g/mol. The average Bonchev–Trinajstić information content (AvgIpc) is 3.20. The number of rotatable bonds is 6. The topological polar surface area (TPSA) is 75.2 Å². The van der Waals surface area contributed by atoms with Gasteiger partial charge in [0.1, 0.15) is 23.2 Å². The minimum Gasteiger partial charge on any atom is -0.497 e. The van der Waals surface area contributed by atoms with Crippen molar-refractivity contribution in [3.63, 3.8) is 0 Å². The lowest BCUT2D eigenvalue weighted by Crippen LogP contribution is -2.44. The van der Waals surface area contributed by atoms with Gasteiger partial charge in [-0.25, -0.2) is 15.0 Å². The van der Waals surface area contributed by atoms with Crippen molar-refractivity contribution in [2.45, 2.75) is 6.92 Å². The van der Waals surface area contributed by atoms with Crippen LogP contribution in [0.4, 0.5) is 16.8 Å². The van der Waals surface area contributed by atoms with Crippen LogP contribution in [-0.4, -0.2) is 48.2 Å². The summed E-state index contributed by atoms with van der Waals surface area (Å²) < 4.78 is 5.27. The molecule has 1 fully saturated rings. The van der Waals surface area contributed by atoms with E-state index in [0.717, 1.165) is 65.0 Å². The maximum Gasteiger partial charge on any atom is 0.188 e. The fraction of sp³-hybridized carbons (Fsp3) is 0.286. The highest BCUT2D eigenvalue weighted by Crippen LogP contribution is 2.25. The number of piperazine rings is 1. The Kier molecular flexibility index (Phi) is 7.62. The van der Waals surface area contributed by atoms with E-state index in [1.54, 1.807) is 18.4 Å². The smallest absolute Gasteiger partial charge is 0.188 e. The monoisotopic (exact) mass is 444 g/mol. The van der Waals surface area contributed by atoms with E-state index in [1.807, 2.05) is 43.5 Å². The van der Waals surface area contributed by atoms with Crippen LogP contribution in [0.3, 0.4) is 0 Å².